The molecule has 5 rings (SSSR count). The lowest BCUT2D eigenvalue weighted by Gasteiger charge is -2.30. The van der Waals surface area contributed by atoms with Crippen molar-refractivity contribution in [3.05, 3.63) is 136 Å². The quantitative estimate of drug-likeness (QED) is 0.212. The summed E-state index contributed by atoms with van der Waals surface area (Å²) in [5.74, 6) is 0.926. The minimum absolute atomic E-state index is 0.0275. The van der Waals surface area contributed by atoms with Gasteiger partial charge >= 0.3 is 0 Å². The molecular formula is C34H33ClN2O3S. The van der Waals surface area contributed by atoms with Gasteiger partial charge in [-0.2, -0.15) is 0 Å². The number of amides is 2. The smallest absolute Gasteiger partial charge is 0.255 e. The fourth-order valence-electron chi connectivity index (χ4n) is 4.86. The monoisotopic (exact) mass is 584 g/mol. The van der Waals surface area contributed by atoms with Gasteiger partial charge in [0, 0.05) is 22.4 Å². The lowest BCUT2D eigenvalue weighted by atomic mass is 10.1. The van der Waals surface area contributed by atoms with Gasteiger partial charge in [0.1, 0.15) is 23.8 Å². The highest BCUT2D eigenvalue weighted by atomic mass is 35.5. The molecular weight excluding hydrogens is 552 g/mol. The standard InChI is InChI=1S/C34H33ClN2O3S/c1-24(12-13-25-8-4-2-5-9-25)36-32(38)31-23-41-34(37(31)33(39)27-14-18-29(35)19-15-27)28-16-20-30(21-17-28)40-22-26-10-6-3-7-11-26/h2-11,14-21,24,31,34H,12-13,22-23H2,1H3,(H,36,38). The van der Waals surface area contributed by atoms with Gasteiger partial charge in [-0.1, -0.05) is 84.4 Å². The van der Waals surface area contributed by atoms with Crippen LogP contribution in [0.3, 0.4) is 0 Å². The van der Waals surface area contributed by atoms with Gasteiger partial charge in [0.25, 0.3) is 5.91 Å². The van der Waals surface area contributed by atoms with Crippen LogP contribution in [0.2, 0.25) is 5.02 Å². The number of thioether (sulfide) groups is 1. The van der Waals surface area contributed by atoms with Gasteiger partial charge in [-0.15, -0.1) is 11.8 Å². The van der Waals surface area contributed by atoms with E-state index in [4.69, 9.17) is 16.3 Å². The second kappa shape index (κ2) is 13.7. The summed E-state index contributed by atoms with van der Waals surface area (Å²) >= 11 is 7.68. The molecule has 210 valence electrons. The van der Waals surface area contributed by atoms with Crippen molar-refractivity contribution >= 4 is 35.2 Å². The third-order valence-electron chi connectivity index (χ3n) is 7.14. The molecule has 1 fully saturated rings. The largest absolute Gasteiger partial charge is 0.489 e. The fourth-order valence-corrected chi connectivity index (χ4v) is 6.42. The van der Waals surface area contributed by atoms with Crippen LogP contribution in [-0.4, -0.2) is 34.6 Å². The Labute approximate surface area is 250 Å². The Morgan fingerprint density at radius 3 is 2.20 bits per heavy atom. The summed E-state index contributed by atoms with van der Waals surface area (Å²) in [5.41, 5.74) is 3.77. The van der Waals surface area contributed by atoms with Crippen LogP contribution < -0.4 is 10.1 Å². The summed E-state index contributed by atoms with van der Waals surface area (Å²) in [6, 6.07) is 34.2. The highest BCUT2D eigenvalue weighted by Gasteiger charge is 2.42. The molecule has 3 atom stereocenters. The van der Waals surface area contributed by atoms with Gasteiger partial charge in [-0.05, 0) is 72.9 Å². The molecule has 1 saturated heterocycles. The van der Waals surface area contributed by atoms with Gasteiger partial charge < -0.3 is 15.0 Å². The number of nitrogens with zero attached hydrogens (tertiary/aromatic N) is 1. The summed E-state index contributed by atoms with van der Waals surface area (Å²) in [6.07, 6.45) is 1.69. The zero-order valence-corrected chi connectivity index (χ0v) is 24.5. The molecule has 0 bridgehead atoms. The van der Waals surface area contributed by atoms with Crippen molar-refractivity contribution in [1.82, 2.24) is 10.2 Å². The van der Waals surface area contributed by atoms with E-state index in [1.54, 1.807) is 40.9 Å². The average molecular weight is 585 g/mol. The summed E-state index contributed by atoms with van der Waals surface area (Å²) in [4.78, 5) is 29.1. The van der Waals surface area contributed by atoms with Crippen LogP contribution in [0.5, 0.6) is 5.75 Å². The number of carbonyl (C=O) groups excluding carboxylic acids is 2. The van der Waals surface area contributed by atoms with Crippen LogP contribution >= 0.6 is 23.4 Å². The van der Waals surface area contributed by atoms with Crippen molar-refractivity contribution in [3.8, 4) is 5.75 Å². The van der Waals surface area contributed by atoms with E-state index in [1.807, 2.05) is 79.7 Å². The highest BCUT2D eigenvalue weighted by molar-refractivity contribution is 7.99. The second-order valence-corrected chi connectivity index (χ2v) is 11.7. The third-order valence-corrected chi connectivity index (χ3v) is 8.72. The second-order valence-electron chi connectivity index (χ2n) is 10.2. The minimum atomic E-state index is -0.596. The Bertz CT molecular complexity index is 1430. The molecule has 1 aliphatic rings. The normalized spacial score (nSPS) is 17.2. The number of benzene rings is 4. The molecule has 4 aromatic carbocycles. The summed E-state index contributed by atoms with van der Waals surface area (Å²) in [5, 5.41) is 3.41. The predicted octanol–water partition coefficient (Wildman–Crippen LogP) is 7.31. The van der Waals surface area contributed by atoms with Crippen LogP contribution in [0.4, 0.5) is 0 Å². The topological polar surface area (TPSA) is 58.6 Å². The van der Waals surface area contributed by atoms with Gasteiger partial charge in [0.15, 0.2) is 0 Å². The summed E-state index contributed by atoms with van der Waals surface area (Å²) in [6.45, 7) is 2.49. The number of hydrogen-bond acceptors (Lipinski definition) is 4. The Morgan fingerprint density at radius 1 is 0.902 bits per heavy atom. The molecule has 5 nitrogen and oxygen atoms in total. The lowest BCUT2D eigenvalue weighted by Crippen LogP contribution is -2.50. The van der Waals surface area contributed by atoms with E-state index in [-0.39, 0.29) is 23.2 Å². The molecule has 2 amide bonds. The fraction of sp³-hybridized carbons (Fsp3) is 0.235. The first-order valence-electron chi connectivity index (χ1n) is 13.8. The molecule has 4 aromatic rings. The average Bonchev–Trinajstić information content (AvgIpc) is 3.46. The SMILES string of the molecule is CC(CCc1ccccc1)NC(=O)C1CSC(c2ccc(OCc3ccccc3)cc2)N1C(=O)c1ccc(Cl)cc1. The van der Waals surface area contributed by atoms with E-state index in [2.05, 4.69) is 17.4 Å². The molecule has 0 spiro atoms. The van der Waals surface area contributed by atoms with E-state index >= 15 is 0 Å². The number of carbonyl (C=O) groups is 2. The van der Waals surface area contributed by atoms with Crippen LogP contribution in [0, 0.1) is 0 Å². The van der Waals surface area contributed by atoms with Gasteiger partial charge in [0.05, 0.1) is 0 Å². The van der Waals surface area contributed by atoms with Crippen molar-refractivity contribution in [2.45, 2.75) is 43.8 Å². The highest BCUT2D eigenvalue weighted by Crippen LogP contribution is 2.43. The summed E-state index contributed by atoms with van der Waals surface area (Å²) < 4.78 is 5.96. The van der Waals surface area contributed by atoms with Crippen molar-refractivity contribution in [2.75, 3.05) is 5.75 Å². The van der Waals surface area contributed by atoms with Crippen molar-refractivity contribution < 1.29 is 14.3 Å². The Morgan fingerprint density at radius 2 is 1.54 bits per heavy atom. The maximum atomic E-state index is 13.8. The lowest BCUT2D eigenvalue weighted by molar-refractivity contribution is -0.125. The maximum Gasteiger partial charge on any atom is 0.255 e. The van der Waals surface area contributed by atoms with Crippen LogP contribution in [0.15, 0.2) is 109 Å². The molecule has 7 heteroatoms. The zero-order chi connectivity index (χ0) is 28.6. The first-order chi connectivity index (χ1) is 20.0. The molecule has 1 aliphatic heterocycles. The van der Waals surface area contributed by atoms with Crippen molar-refractivity contribution in [2.24, 2.45) is 0 Å². The molecule has 0 aromatic heterocycles. The van der Waals surface area contributed by atoms with E-state index in [1.165, 1.54) is 5.56 Å². The van der Waals surface area contributed by atoms with E-state index < -0.39 is 6.04 Å². The van der Waals surface area contributed by atoms with Crippen molar-refractivity contribution in [3.63, 3.8) is 0 Å². The number of hydrogen-bond donors (Lipinski definition) is 1. The zero-order valence-electron chi connectivity index (χ0n) is 22.9. The Balaban J connectivity index is 1.30. The summed E-state index contributed by atoms with van der Waals surface area (Å²) in [7, 11) is 0. The number of rotatable bonds is 10. The molecule has 3 unspecified atom stereocenters. The number of aryl methyl sites for hydroxylation is 1. The molecule has 1 N–H and O–H groups in total. The van der Waals surface area contributed by atoms with Gasteiger partial charge in [-0.3, -0.25) is 9.59 Å². The van der Waals surface area contributed by atoms with Crippen LogP contribution in [-0.2, 0) is 17.8 Å². The first kappa shape index (κ1) is 28.8. The third kappa shape index (κ3) is 7.51. The first-order valence-corrected chi connectivity index (χ1v) is 15.2. The maximum absolute atomic E-state index is 13.8. The van der Waals surface area contributed by atoms with E-state index in [9.17, 15) is 9.59 Å². The van der Waals surface area contributed by atoms with E-state index in [0.29, 0.717) is 22.9 Å². The molecule has 0 saturated carbocycles. The van der Waals surface area contributed by atoms with Gasteiger partial charge in [0.2, 0.25) is 5.91 Å². The molecule has 0 aliphatic carbocycles. The Hall–Kier alpha value is -3.74. The molecule has 41 heavy (non-hydrogen) atoms. The molecule has 0 radical (unpaired) electrons. The number of nitrogens with one attached hydrogen (secondary N) is 1. The van der Waals surface area contributed by atoms with E-state index in [0.717, 1.165) is 29.7 Å². The van der Waals surface area contributed by atoms with Gasteiger partial charge in [-0.25, -0.2) is 0 Å². The predicted molar refractivity (Wildman–Crippen MR) is 166 cm³/mol. The minimum Gasteiger partial charge on any atom is -0.489 e. The van der Waals surface area contributed by atoms with Crippen LogP contribution in [0.1, 0.15) is 45.8 Å². The number of halogens is 1. The van der Waals surface area contributed by atoms with Crippen molar-refractivity contribution in [1.29, 1.82) is 0 Å². The number of ether oxygens (including phenoxy) is 1. The molecule has 1 heterocycles. The Kier molecular flexibility index (Phi) is 9.65. The van der Waals surface area contributed by atoms with Crippen LogP contribution in [0.25, 0.3) is 0 Å².